The van der Waals surface area contributed by atoms with Crippen molar-refractivity contribution < 1.29 is 9.59 Å². The lowest BCUT2D eigenvalue weighted by molar-refractivity contribution is -0.123. The number of amides is 2. The molecule has 5 heteroatoms. The smallest absolute Gasteiger partial charge is 0.230 e. The SMILES string of the molecule is O=C(Nc1cccc(Cl)c1)C1CC1C(=O)N1CCc2ccccc21. The summed E-state index contributed by atoms with van der Waals surface area (Å²) in [7, 11) is 0. The van der Waals surface area contributed by atoms with Gasteiger partial charge in [0.25, 0.3) is 0 Å². The number of benzene rings is 2. The van der Waals surface area contributed by atoms with Gasteiger partial charge in [-0.15, -0.1) is 0 Å². The second-order valence-corrected chi connectivity index (χ2v) is 6.75. The molecule has 2 atom stereocenters. The summed E-state index contributed by atoms with van der Waals surface area (Å²) in [6.45, 7) is 0.706. The van der Waals surface area contributed by atoms with Crippen molar-refractivity contribution in [2.75, 3.05) is 16.8 Å². The first-order valence-electron chi connectivity index (χ1n) is 8.09. The Balaban J connectivity index is 1.41. The minimum atomic E-state index is -0.246. The van der Waals surface area contributed by atoms with Crippen LogP contribution in [0, 0.1) is 11.8 Å². The molecule has 0 saturated heterocycles. The van der Waals surface area contributed by atoms with Crippen molar-refractivity contribution in [3.05, 3.63) is 59.1 Å². The van der Waals surface area contributed by atoms with E-state index in [9.17, 15) is 9.59 Å². The minimum absolute atomic E-state index is 0.0613. The van der Waals surface area contributed by atoms with Crippen molar-refractivity contribution in [3.8, 4) is 0 Å². The molecule has 4 rings (SSSR count). The molecule has 2 aliphatic rings. The molecule has 1 aliphatic carbocycles. The summed E-state index contributed by atoms with van der Waals surface area (Å²) in [5.41, 5.74) is 2.85. The number of carbonyl (C=O) groups excluding carboxylic acids is 2. The van der Waals surface area contributed by atoms with E-state index in [0.29, 0.717) is 23.7 Å². The predicted molar refractivity (Wildman–Crippen MR) is 94.2 cm³/mol. The van der Waals surface area contributed by atoms with Gasteiger partial charge in [-0.25, -0.2) is 0 Å². The lowest BCUT2D eigenvalue weighted by Gasteiger charge is -2.17. The maximum atomic E-state index is 12.7. The number of nitrogens with zero attached hydrogens (tertiary/aromatic N) is 1. The molecular weight excluding hydrogens is 324 g/mol. The van der Waals surface area contributed by atoms with Crippen LogP contribution in [-0.4, -0.2) is 18.4 Å². The fourth-order valence-electron chi connectivity index (χ4n) is 3.33. The molecule has 2 aromatic carbocycles. The van der Waals surface area contributed by atoms with Gasteiger partial charge in [-0.2, -0.15) is 0 Å². The molecule has 4 nitrogen and oxygen atoms in total. The molecule has 1 N–H and O–H groups in total. The Morgan fingerprint density at radius 1 is 1.08 bits per heavy atom. The lowest BCUT2D eigenvalue weighted by atomic mass is 10.2. The van der Waals surface area contributed by atoms with Crippen LogP contribution < -0.4 is 10.2 Å². The summed E-state index contributed by atoms with van der Waals surface area (Å²) < 4.78 is 0. The van der Waals surface area contributed by atoms with E-state index in [1.807, 2.05) is 23.1 Å². The highest BCUT2D eigenvalue weighted by atomic mass is 35.5. The number of hydrogen-bond acceptors (Lipinski definition) is 2. The molecular formula is C19H17ClN2O2. The summed E-state index contributed by atoms with van der Waals surface area (Å²) in [5, 5.41) is 3.42. The normalized spacial score (nSPS) is 21.3. The number of fused-ring (bicyclic) bond motifs is 1. The topological polar surface area (TPSA) is 49.4 Å². The van der Waals surface area contributed by atoms with Crippen molar-refractivity contribution in [1.82, 2.24) is 0 Å². The Morgan fingerprint density at radius 2 is 1.92 bits per heavy atom. The Bertz CT molecular complexity index is 821. The highest BCUT2D eigenvalue weighted by Crippen LogP contribution is 2.43. The summed E-state index contributed by atoms with van der Waals surface area (Å²) in [4.78, 5) is 26.9. The second kappa shape index (κ2) is 5.95. The van der Waals surface area contributed by atoms with Crippen molar-refractivity contribution in [2.24, 2.45) is 11.8 Å². The van der Waals surface area contributed by atoms with Gasteiger partial charge in [0.15, 0.2) is 0 Å². The fourth-order valence-corrected chi connectivity index (χ4v) is 3.52. The highest BCUT2D eigenvalue weighted by molar-refractivity contribution is 6.30. The maximum absolute atomic E-state index is 12.7. The van der Waals surface area contributed by atoms with Gasteiger partial charge in [-0.3, -0.25) is 9.59 Å². The van der Waals surface area contributed by atoms with Gasteiger partial charge < -0.3 is 10.2 Å². The number of rotatable bonds is 3. The fraction of sp³-hybridized carbons (Fsp3) is 0.263. The Hall–Kier alpha value is -2.33. The number of carbonyl (C=O) groups is 2. The Labute approximate surface area is 145 Å². The van der Waals surface area contributed by atoms with E-state index < -0.39 is 0 Å². The van der Waals surface area contributed by atoms with Crippen LogP contribution in [0.3, 0.4) is 0 Å². The zero-order chi connectivity index (χ0) is 16.7. The molecule has 1 fully saturated rings. The summed E-state index contributed by atoms with van der Waals surface area (Å²) in [6.07, 6.45) is 1.50. The summed E-state index contributed by atoms with van der Waals surface area (Å²) in [5.74, 6) is -0.506. The molecule has 2 unspecified atom stereocenters. The van der Waals surface area contributed by atoms with Crippen molar-refractivity contribution in [1.29, 1.82) is 0 Å². The van der Waals surface area contributed by atoms with E-state index in [0.717, 1.165) is 12.1 Å². The highest BCUT2D eigenvalue weighted by Gasteiger charge is 2.50. The summed E-state index contributed by atoms with van der Waals surface area (Å²) in [6, 6.07) is 15.0. The van der Waals surface area contributed by atoms with E-state index in [1.165, 1.54) is 5.56 Å². The van der Waals surface area contributed by atoms with Crippen molar-refractivity contribution >= 4 is 34.8 Å². The molecule has 24 heavy (non-hydrogen) atoms. The predicted octanol–water partition coefficient (Wildman–Crippen LogP) is 3.50. The molecule has 0 bridgehead atoms. The maximum Gasteiger partial charge on any atom is 0.230 e. The van der Waals surface area contributed by atoms with Crippen LogP contribution in [0.25, 0.3) is 0 Å². The molecule has 1 aliphatic heterocycles. The number of para-hydroxylation sites is 1. The van der Waals surface area contributed by atoms with Crippen molar-refractivity contribution in [3.63, 3.8) is 0 Å². The lowest BCUT2D eigenvalue weighted by Crippen LogP contribution is -2.31. The average molecular weight is 341 g/mol. The largest absolute Gasteiger partial charge is 0.326 e. The second-order valence-electron chi connectivity index (χ2n) is 6.32. The molecule has 2 aromatic rings. The zero-order valence-corrected chi connectivity index (χ0v) is 13.8. The third-order valence-electron chi connectivity index (χ3n) is 4.69. The first-order valence-corrected chi connectivity index (χ1v) is 8.47. The number of hydrogen-bond donors (Lipinski definition) is 1. The quantitative estimate of drug-likeness (QED) is 0.929. The number of nitrogens with one attached hydrogen (secondary N) is 1. The van der Waals surface area contributed by atoms with Gasteiger partial charge in [-0.05, 0) is 42.7 Å². The minimum Gasteiger partial charge on any atom is -0.326 e. The first-order chi connectivity index (χ1) is 11.6. The van der Waals surface area contributed by atoms with Crippen molar-refractivity contribution in [2.45, 2.75) is 12.8 Å². The number of anilines is 2. The van der Waals surface area contributed by atoms with E-state index in [1.54, 1.807) is 24.3 Å². The third-order valence-corrected chi connectivity index (χ3v) is 4.92. The van der Waals surface area contributed by atoms with Crippen LogP contribution in [0.5, 0.6) is 0 Å². The van der Waals surface area contributed by atoms with Gasteiger partial charge in [0.2, 0.25) is 11.8 Å². The molecule has 2 amide bonds. The van der Waals surface area contributed by atoms with E-state index in [-0.39, 0.29) is 23.7 Å². The molecule has 122 valence electrons. The van der Waals surface area contributed by atoms with Crippen LogP contribution in [0.1, 0.15) is 12.0 Å². The molecule has 0 aromatic heterocycles. The van der Waals surface area contributed by atoms with E-state index in [4.69, 9.17) is 11.6 Å². The van der Waals surface area contributed by atoms with Gasteiger partial charge >= 0.3 is 0 Å². The zero-order valence-electron chi connectivity index (χ0n) is 13.0. The molecule has 1 heterocycles. The molecule has 0 spiro atoms. The average Bonchev–Trinajstić information content (AvgIpc) is 3.27. The molecule has 1 saturated carbocycles. The van der Waals surface area contributed by atoms with Gasteiger partial charge in [0.05, 0.1) is 11.8 Å². The van der Waals surface area contributed by atoms with Crippen LogP contribution in [-0.2, 0) is 16.0 Å². The van der Waals surface area contributed by atoms with Crippen LogP contribution in [0.4, 0.5) is 11.4 Å². The van der Waals surface area contributed by atoms with E-state index >= 15 is 0 Å². The van der Waals surface area contributed by atoms with Gasteiger partial charge in [0, 0.05) is 22.9 Å². The van der Waals surface area contributed by atoms with E-state index in [2.05, 4.69) is 11.4 Å². The van der Waals surface area contributed by atoms with Gasteiger partial charge in [0.1, 0.15) is 0 Å². The van der Waals surface area contributed by atoms with Gasteiger partial charge in [-0.1, -0.05) is 35.9 Å². The summed E-state index contributed by atoms with van der Waals surface area (Å²) >= 11 is 5.92. The first kappa shape index (κ1) is 15.2. The van der Waals surface area contributed by atoms with Crippen LogP contribution in [0.2, 0.25) is 5.02 Å². The Morgan fingerprint density at radius 3 is 2.75 bits per heavy atom. The Kier molecular flexibility index (Phi) is 3.77. The monoisotopic (exact) mass is 340 g/mol. The molecule has 0 radical (unpaired) electrons. The van der Waals surface area contributed by atoms with Crippen LogP contribution in [0.15, 0.2) is 48.5 Å². The standard InChI is InChI=1S/C19H17ClN2O2/c20-13-5-3-6-14(10-13)21-18(23)15-11-16(15)19(24)22-9-8-12-4-1-2-7-17(12)22/h1-7,10,15-16H,8-9,11H2,(H,21,23). The number of halogens is 1. The van der Waals surface area contributed by atoms with Crippen LogP contribution >= 0.6 is 11.6 Å². The third kappa shape index (κ3) is 2.78.